The zero-order valence-electron chi connectivity index (χ0n) is 15.0. The van der Waals surface area contributed by atoms with Crippen LogP contribution in [0.4, 0.5) is 25.4 Å². The van der Waals surface area contributed by atoms with Gasteiger partial charge < -0.3 is 9.47 Å². The molecular weight excluding hydrogens is 335 g/mol. The van der Waals surface area contributed by atoms with Crippen LogP contribution in [-0.2, 0) is 9.47 Å². The van der Waals surface area contributed by atoms with Crippen molar-refractivity contribution in [1.82, 2.24) is 0 Å². The highest BCUT2D eigenvalue weighted by atomic mass is 19.1. The van der Waals surface area contributed by atoms with Crippen LogP contribution in [0, 0.1) is 15.9 Å². The van der Waals surface area contributed by atoms with Gasteiger partial charge in [0.2, 0.25) is 0 Å². The summed E-state index contributed by atoms with van der Waals surface area (Å²) in [7, 11) is 0. The second kappa shape index (κ2) is 7.04. The van der Waals surface area contributed by atoms with E-state index < -0.39 is 45.5 Å². The van der Waals surface area contributed by atoms with Crippen molar-refractivity contribution in [1.29, 1.82) is 0 Å². The summed E-state index contributed by atoms with van der Waals surface area (Å²) >= 11 is 0. The lowest BCUT2D eigenvalue weighted by Crippen LogP contribution is -2.44. The number of nitro groups is 1. The molecule has 25 heavy (non-hydrogen) atoms. The summed E-state index contributed by atoms with van der Waals surface area (Å²) in [6.45, 7) is 9.32. The Bertz CT molecular complexity index is 663. The normalized spacial score (nSPS) is 11.6. The average molecular weight is 356 g/mol. The lowest BCUT2D eigenvalue weighted by Gasteiger charge is -2.28. The van der Waals surface area contributed by atoms with Crippen molar-refractivity contribution in [2.75, 3.05) is 4.90 Å². The molecule has 0 aromatic heterocycles. The summed E-state index contributed by atoms with van der Waals surface area (Å²) in [5, 5.41) is 11.2. The van der Waals surface area contributed by atoms with Crippen LogP contribution in [0.3, 0.4) is 0 Å². The maximum atomic E-state index is 13.6. The Labute approximate surface area is 144 Å². The van der Waals surface area contributed by atoms with Gasteiger partial charge in [0.15, 0.2) is 0 Å². The summed E-state index contributed by atoms with van der Waals surface area (Å²) < 4.78 is 23.8. The van der Waals surface area contributed by atoms with Crippen LogP contribution in [-0.4, -0.2) is 28.3 Å². The molecule has 0 unspecified atom stereocenters. The van der Waals surface area contributed by atoms with Gasteiger partial charge in [0, 0.05) is 12.1 Å². The minimum atomic E-state index is -1.21. The molecule has 2 amide bonds. The molecule has 0 fully saturated rings. The summed E-state index contributed by atoms with van der Waals surface area (Å²) in [5.41, 5.74) is -3.19. The number of amides is 2. The molecule has 0 aliphatic heterocycles. The first kappa shape index (κ1) is 20.3. The van der Waals surface area contributed by atoms with Crippen molar-refractivity contribution >= 4 is 23.6 Å². The number of nitro benzene ring substituents is 1. The van der Waals surface area contributed by atoms with Gasteiger partial charge in [-0.05, 0) is 47.6 Å². The summed E-state index contributed by atoms with van der Waals surface area (Å²) in [6, 6.07) is 2.41. The second-order valence-electron chi connectivity index (χ2n) is 7.19. The Morgan fingerprint density at radius 3 is 1.84 bits per heavy atom. The van der Waals surface area contributed by atoms with Gasteiger partial charge in [-0.3, -0.25) is 10.1 Å². The summed E-state index contributed by atoms with van der Waals surface area (Å²) in [5.74, 6) is -0.863. The van der Waals surface area contributed by atoms with Crippen LogP contribution in [0.5, 0.6) is 0 Å². The van der Waals surface area contributed by atoms with E-state index in [1.165, 1.54) is 0 Å². The number of benzene rings is 1. The number of carbonyl (C=O) groups is 2. The molecule has 1 aromatic carbocycles. The van der Waals surface area contributed by atoms with Crippen molar-refractivity contribution in [3.05, 3.63) is 34.1 Å². The number of imide groups is 1. The number of ether oxygens (including phenoxy) is 2. The fourth-order valence-corrected chi connectivity index (χ4v) is 1.72. The van der Waals surface area contributed by atoms with E-state index in [9.17, 15) is 24.1 Å². The van der Waals surface area contributed by atoms with E-state index >= 15 is 0 Å². The van der Waals surface area contributed by atoms with Crippen molar-refractivity contribution in [3.8, 4) is 0 Å². The lowest BCUT2D eigenvalue weighted by molar-refractivity contribution is -0.384. The number of nitrogens with zero attached hydrogens (tertiary/aromatic N) is 2. The van der Waals surface area contributed by atoms with Gasteiger partial charge in [-0.2, -0.15) is 4.90 Å². The van der Waals surface area contributed by atoms with E-state index in [1.54, 1.807) is 41.5 Å². The molecule has 8 nitrogen and oxygen atoms in total. The maximum Gasteiger partial charge on any atom is 0.424 e. The third-order valence-electron chi connectivity index (χ3n) is 2.53. The monoisotopic (exact) mass is 356 g/mol. The first-order valence-electron chi connectivity index (χ1n) is 7.41. The van der Waals surface area contributed by atoms with E-state index in [0.717, 1.165) is 12.1 Å². The number of carbonyl (C=O) groups excluding carboxylic acids is 2. The average Bonchev–Trinajstić information content (AvgIpc) is 2.33. The lowest BCUT2D eigenvalue weighted by atomic mass is 10.2. The van der Waals surface area contributed by atoms with E-state index in [1.807, 2.05) is 0 Å². The van der Waals surface area contributed by atoms with Crippen LogP contribution < -0.4 is 4.90 Å². The van der Waals surface area contributed by atoms with Crippen LogP contribution in [0.2, 0.25) is 0 Å². The molecule has 138 valence electrons. The van der Waals surface area contributed by atoms with Gasteiger partial charge in [0.25, 0.3) is 5.69 Å². The number of halogens is 1. The number of hydrogen-bond donors (Lipinski definition) is 0. The Hall–Kier alpha value is -2.71. The van der Waals surface area contributed by atoms with E-state index in [0.29, 0.717) is 11.0 Å². The van der Waals surface area contributed by atoms with Crippen LogP contribution in [0.25, 0.3) is 0 Å². The SMILES string of the molecule is CC(C)(C)OC(=O)N(C(=O)OC(C)(C)C)c1cc(F)ccc1[N+](=O)[O-]. The second-order valence-corrected chi connectivity index (χ2v) is 7.19. The quantitative estimate of drug-likeness (QED) is 0.575. The first-order chi connectivity index (χ1) is 11.2. The molecule has 0 spiro atoms. The van der Waals surface area contributed by atoms with Gasteiger partial charge in [-0.15, -0.1) is 0 Å². The topological polar surface area (TPSA) is 99.0 Å². The molecule has 0 radical (unpaired) electrons. The van der Waals surface area contributed by atoms with E-state index in [4.69, 9.17) is 9.47 Å². The Morgan fingerprint density at radius 2 is 1.48 bits per heavy atom. The van der Waals surface area contributed by atoms with E-state index in [2.05, 4.69) is 0 Å². The summed E-state index contributed by atoms with van der Waals surface area (Å²) in [4.78, 5) is 35.5. The van der Waals surface area contributed by atoms with Gasteiger partial charge in [0.1, 0.15) is 22.7 Å². The number of rotatable bonds is 2. The zero-order chi connectivity index (χ0) is 19.6. The van der Waals surface area contributed by atoms with Gasteiger partial charge >= 0.3 is 12.2 Å². The Balaban J connectivity index is 3.46. The fraction of sp³-hybridized carbons (Fsp3) is 0.500. The predicted octanol–water partition coefficient (Wildman–Crippen LogP) is 4.41. The van der Waals surface area contributed by atoms with Crippen LogP contribution >= 0.6 is 0 Å². The standard InChI is InChI=1S/C16H21FN2O6/c1-15(2,3)24-13(20)18(14(21)25-16(4,5)6)12-9-10(17)7-8-11(12)19(22)23/h7-9H,1-6H3. The van der Waals surface area contributed by atoms with Gasteiger partial charge in [-0.25, -0.2) is 14.0 Å². The highest BCUT2D eigenvalue weighted by molar-refractivity contribution is 6.11. The maximum absolute atomic E-state index is 13.6. The molecule has 0 aliphatic rings. The Kier molecular flexibility index (Phi) is 5.72. The molecule has 0 atom stereocenters. The predicted molar refractivity (Wildman–Crippen MR) is 88.0 cm³/mol. The molecule has 1 aromatic rings. The Morgan fingerprint density at radius 1 is 1.04 bits per heavy atom. The molecule has 9 heteroatoms. The molecule has 0 heterocycles. The zero-order valence-corrected chi connectivity index (χ0v) is 15.0. The van der Waals surface area contributed by atoms with Crippen molar-refractivity contribution in [2.45, 2.75) is 52.7 Å². The minimum Gasteiger partial charge on any atom is -0.443 e. The molecule has 1 rings (SSSR count). The van der Waals surface area contributed by atoms with Crippen molar-refractivity contribution in [2.24, 2.45) is 0 Å². The van der Waals surface area contributed by atoms with Crippen molar-refractivity contribution < 1.29 is 28.4 Å². The van der Waals surface area contributed by atoms with Crippen LogP contribution in [0.1, 0.15) is 41.5 Å². The van der Waals surface area contributed by atoms with Gasteiger partial charge in [-0.1, -0.05) is 0 Å². The highest BCUT2D eigenvalue weighted by Gasteiger charge is 2.36. The number of hydrogen-bond acceptors (Lipinski definition) is 6. The van der Waals surface area contributed by atoms with E-state index in [-0.39, 0.29) is 0 Å². The first-order valence-corrected chi connectivity index (χ1v) is 7.41. The fourth-order valence-electron chi connectivity index (χ4n) is 1.72. The number of anilines is 1. The smallest absolute Gasteiger partial charge is 0.424 e. The highest BCUT2D eigenvalue weighted by Crippen LogP contribution is 2.31. The molecule has 0 N–H and O–H groups in total. The van der Waals surface area contributed by atoms with Crippen LogP contribution in [0.15, 0.2) is 18.2 Å². The third kappa shape index (κ3) is 6.02. The third-order valence-corrected chi connectivity index (χ3v) is 2.53. The molecular formula is C16H21FN2O6. The molecule has 0 saturated heterocycles. The molecule has 0 aliphatic carbocycles. The van der Waals surface area contributed by atoms with Gasteiger partial charge in [0.05, 0.1) is 4.92 Å². The van der Waals surface area contributed by atoms with Crippen molar-refractivity contribution in [3.63, 3.8) is 0 Å². The molecule has 0 saturated carbocycles. The summed E-state index contributed by atoms with van der Waals surface area (Å²) in [6.07, 6.45) is -2.43. The minimum absolute atomic E-state index is 0.317. The largest absolute Gasteiger partial charge is 0.443 e. The molecule has 0 bridgehead atoms.